The van der Waals surface area contributed by atoms with Crippen LogP contribution < -0.4 is 11.1 Å². The Labute approximate surface area is 129 Å². The van der Waals surface area contributed by atoms with E-state index in [0.29, 0.717) is 21.4 Å². The van der Waals surface area contributed by atoms with Crippen molar-refractivity contribution in [2.45, 2.75) is 26.2 Å². The van der Waals surface area contributed by atoms with E-state index in [1.165, 1.54) is 18.4 Å². The number of nitrogens with two attached hydrogens (primary N) is 1. The predicted molar refractivity (Wildman–Crippen MR) is 89.2 cm³/mol. The summed E-state index contributed by atoms with van der Waals surface area (Å²) in [7, 11) is 0. The first kappa shape index (κ1) is 15.0. The number of benzene rings is 2. The first-order valence-corrected chi connectivity index (χ1v) is 7.46. The fraction of sp³-hybridized carbons (Fsp3) is 0.250. The SMILES string of the molecule is CCCCc1ccc(Nc2c(Cl)cc(N)cc2Cl)cc1. The van der Waals surface area contributed by atoms with Crippen molar-refractivity contribution in [3.8, 4) is 0 Å². The van der Waals surface area contributed by atoms with E-state index < -0.39 is 0 Å². The lowest BCUT2D eigenvalue weighted by Crippen LogP contribution is -1.95. The van der Waals surface area contributed by atoms with Crippen LogP contribution in [0.4, 0.5) is 17.1 Å². The molecule has 2 rings (SSSR count). The van der Waals surface area contributed by atoms with Gasteiger partial charge in [0.25, 0.3) is 0 Å². The van der Waals surface area contributed by atoms with Gasteiger partial charge in [-0.3, -0.25) is 0 Å². The lowest BCUT2D eigenvalue weighted by Gasteiger charge is -2.12. The topological polar surface area (TPSA) is 38.0 Å². The number of anilines is 3. The van der Waals surface area contributed by atoms with Crippen molar-refractivity contribution in [3.05, 3.63) is 52.0 Å². The minimum atomic E-state index is 0.519. The van der Waals surface area contributed by atoms with Crippen LogP contribution >= 0.6 is 23.2 Å². The molecule has 0 fully saturated rings. The van der Waals surface area contributed by atoms with Crippen LogP contribution in [0.15, 0.2) is 36.4 Å². The average Bonchev–Trinajstić information content (AvgIpc) is 2.42. The molecule has 0 aliphatic heterocycles. The van der Waals surface area contributed by atoms with Crippen molar-refractivity contribution in [3.63, 3.8) is 0 Å². The molecule has 0 heterocycles. The molecule has 20 heavy (non-hydrogen) atoms. The molecule has 4 heteroatoms. The maximum Gasteiger partial charge on any atom is 0.0764 e. The van der Waals surface area contributed by atoms with Gasteiger partial charge in [0.15, 0.2) is 0 Å². The summed E-state index contributed by atoms with van der Waals surface area (Å²) in [6.07, 6.45) is 3.53. The Kier molecular flexibility index (Phi) is 5.16. The normalized spacial score (nSPS) is 10.6. The van der Waals surface area contributed by atoms with Crippen LogP contribution in [0.5, 0.6) is 0 Å². The Hall–Kier alpha value is -1.38. The van der Waals surface area contributed by atoms with Crippen molar-refractivity contribution >= 4 is 40.3 Å². The van der Waals surface area contributed by atoms with Crippen LogP contribution in [0.3, 0.4) is 0 Å². The summed E-state index contributed by atoms with van der Waals surface area (Å²) >= 11 is 12.3. The molecular weight excluding hydrogens is 291 g/mol. The summed E-state index contributed by atoms with van der Waals surface area (Å²) in [6, 6.07) is 11.7. The molecule has 2 aromatic rings. The highest BCUT2D eigenvalue weighted by Gasteiger charge is 2.07. The molecule has 2 aromatic carbocycles. The molecule has 0 amide bonds. The van der Waals surface area contributed by atoms with Crippen LogP contribution in [-0.4, -0.2) is 0 Å². The molecule has 0 saturated heterocycles. The lowest BCUT2D eigenvalue weighted by atomic mass is 10.1. The van der Waals surface area contributed by atoms with Gasteiger partial charge in [0, 0.05) is 11.4 Å². The van der Waals surface area contributed by atoms with Crippen LogP contribution in [0.2, 0.25) is 10.0 Å². The molecule has 2 nitrogen and oxygen atoms in total. The van der Waals surface area contributed by atoms with Gasteiger partial charge in [-0.15, -0.1) is 0 Å². The monoisotopic (exact) mass is 308 g/mol. The minimum Gasteiger partial charge on any atom is -0.399 e. The van der Waals surface area contributed by atoms with Crippen molar-refractivity contribution in [2.24, 2.45) is 0 Å². The third-order valence-electron chi connectivity index (χ3n) is 3.11. The van der Waals surface area contributed by atoms with E-state index in [0.717, 1.165) is 12.1 Å². The van der Waals surface area contributed by atoms with Crippen molar-refractivity contribution < 1.29 is 0 Å². The number of halogens is 2. The van der Waals surface area contributed by atoms with Crippen LogP contribution in [0.1, 0.15) is 25.3 Å². The van der Waals surface area contributed by atoms with E-state index in [4.69, 9.17) is 28.9 Å². The average molecular weight is 309 g/mol. The van der Waals surface area contributed by atoms with Gasteiger partial charge < -0.3 is 11.1 Å². The quantitative estimate of drug-likeness (QED) is 0.699. The molecular formula is C16H18Cl2N2. The highest BCUT2D eigenvalue weighted by Crippen LogP contribution is 2.35. The summed E-state index contributed by atoms with van der Waals surface area (Å²) < 4.78 is 0. The van der Waals surface area contributed by atoms with Gasteiger partial charge in [0.05, 0.1) is 15.7 Å². The largest absolute Gasteiger partial charge is 0.399 e. The van der Waals surface area contributed by atoms with E-state index in [-0.39, 0.29) is 0 Å². The standard InChI is InChI=1S/C16H18Cl2N2/c1-2-3-4-11-5-7-13(8-6-11)20-16-14(17)9-12(19)10-15(16)18/h5-10,20H,2-4,19H2,1H3. The number of nitrogens with one attached hydrogen (secondary N) is 1. The number of hydrogen-bond donors (Lipinski definition) is 2. The van der Waals surface area contributed by atoms with Crippen molar-refractivity contribution in [2.75, 3.05) is 11.1 Å². The van der Waals surface area contributed by atoms with E-state index >= 15 is 0 Å². The Morgan fingerprint density at radius 2 is 1.65 bits per heavy atom. The minimum absolute atomic E-state index is 0.519. The molecule has 0 unspecified atom stereocenters. The second-order valence-electron chi connectivity index (χ2n) is 4.79. The molecule has 0 radical (unpaired) electrons. The zero-order valence-corrected chi connectivity index (χ0v) is 12.9. The molecule has 0 aliphatic carbocycles. The summed E-state index contributed by atoms with van der Waals surface area (Å²) in [5.74, 6) is 0. The van der Waals surface area contributed by atoms with Crippen LogP contribution in [-0.2, 0) is 6.42 Å². The third kappa shape index (κ3) is 3.81. The van der Waals surface area contributed by atoms with Gasteiger partial charge in [-0.1, -0.05) is 48.7 Å². The number of unbranched alkanes of at least 4 members (excludes halogenated alkanes) is 1. The molecule has 0 spiro atoms. The van der Waals surface area contributed by atoms with E-state index in [1.807, 2.05) is 12.1 Å². The Balaban J connectivity index is 2.14. The first-order valence-electron chi connectivity index (χ1n) is 6.70. The van der Waals surface area contributed by atoms with Gasteiger partial charge in [0.1, 0.15) is 0 Å². The van der Waals surface area contributed by atoms with Gasteiger partial charge in [-0.05, 0) is 42.7 Å². The summed E-state index contributed by atoms with van der Waals surface area (Å²) in [6.45, 7) is 2.20. The van der Waals surface area contributed by atoms with Gasteiger partial charge >= 0.3 is 0 Å². The van der Waals surface area contributed by atoms with Crippen molar-refractivity contribution in [1.29, 1.82) is 0 Å². The van der Waals surface area contributed by atoms with Crippen LogP contribution in [0.25, 0.3) is 0 Å². The zero-order valence-electron chi connectivity index (χ0n) is 11.4. The molecule has 0 saturated carbocycles. The molecule has 0 bridgehead atoms. The molecule has 0 aromatic heterocycles. The van der Waals surface area contributed by atoms with Gasteiger partial charge in [0.2, 0.25) is 0 Å². The van der Waals surface area contributed by atoms with Gasteiger partial charge in [-0.2, -0.15) is 0 Å². The summed E-state index contributed by atoms with van der Waals surface area (Å²) in [5.41, 5.74) is 9.23. The molecule has 0 atom stereocenters. The summed E-state index contributed by atoms with van der Waals surface area (Å²) in [5, 5.41) is 4.27. The molecule has 3 N–H and O–H groups in total. The van der Waals surface area contributed by atoms with E-state index in [2.05, 4.69) is 24.4 Å². The Morgan fingerprint density at radius 1 is 1.05 bits per heavy atom. The predicted octanol–water partition coefficient (Wildman–Crippen LogP) is 5.66. The van der Waals surface area contributed by atoms with Crippen molar-refractivity contribution in [1.82, 2.24) is 0 Å². The zero-order chi connectivity index (χ0) is 14.5. The van der Waals surface area contributed by atoms with Crippen LogP contribution in [0, 0.1) is 0 Å². The fourth-order valence-electron chi connectivity index (χ4n) is 1.99. The molecule has 106 valence electrons. The third-order valence-corrected chi connectivity index (χ3v) is 3.70. The van der Waals surface area contributed by atoms with E-state index in [9.17, 15) is 0 Å². The number of rotatable bonds is 5. The van der Waals surface area contributed by atoms with E-state index in [1.54, 1.807) is 12.1 Å². The Morgan fingerprint density at radius 3 is 2.20 bits per heavy atom. The molecule has 0 aliphatic rings. The number of hydrogen-bond acceptors (Lipinski definition) is 2. The second-order valence-corrected chi connectivity index (χ2v) is 5.60. The second kappa shape index (κ2) is 6.87. The summed E-state index contributed by atoms with van der Waals surface area (Å²) in [4.78, 5) is 0. The maximum atomic E-state index is 6.16. The number of aryl methyl sites for hydroxylation is 1. The highest BCUT2D eigenvalue weighted by atomic mass is 35.5. The fourth-order valence-corrected chi connectivity index (χ4v) is 2.59. The maximum absolute atomic E-state index is 6.16. The first-order chi connectivity index (χ1) is 9.60. The number of nitrogen functional groups attached to an aromatic ring is 1. The Bertz CT molecular complexity index is 557. The van der Waals surface area contributed by atoms with Gasteiger partial charge in [-0.25, -0.2) is 0 Å². The lowest BCUT2D eigenvalue weighted by molar-refractivity contribution is 0.795. The highest BCUT2D eigenvalue weighted by molar-refractivity contribution is 6.39. The smallest absolute Gasteiger partial charge is 0.0764 e.